The predicted molar refractivity (Wildman–Crippen MR) is 60.5 cm³/mol. The van der Waals surface area contributed by atoms with Gasteiger partial charge in [0.1, 0.15) is 5.82 Å². The van der Waals surface area contributed by atoms with E-state index >= 15 is 0 Å². The van der Waals surface area contributed by atoms with Crippen molar-refractivity contribution in [2.45, 2.75) is 13.3 Å². The van der Waals surface area contributed by atoms with Gasteiger partial charge in [-0.05, 0) is 24.1 Å². The molecule has 72 valence electrons. The molecular formula is C11H11ClN2. The van der Waals surface area contributed by atoms with E-state index in [1.165, 1.54) is 5.56 Å². The largest absolute Gasteiger partial charge is 0.382 e. The van der Waals surface area contributed by atoms with Crippen molar-refractivity contribution >= 4 is 28.3 Å². The average Bonchev–Trinajstić information content (AvgIpc) is 2.19. The molecule has 3 heteroatoms. The molecule has 2 rings (SSSR count). The Hall–Kier alpha value is -1.28. The van der Waals surface area contributed by atoms with Gasteiger partial charge in [-0.15, -0.1) is 0 Å². The van der Waals surface area contributed by atoms with Crippen LogP contribution in [0.1, 0.15) is 12.5 Å². The standard InChI is InChI=1S/C11H11ClN2/c1-2-7-3-4-8-6-9(12)11(13)14-10(8)5-7/h3-6H,2H2,1H3,(H2,13,14). The Balaban J connectivity index is 2.70. The fourth-order valence-corrected chi connectivity index (χ4v) is 1.58. The van der Waals surface area contributed by atoms with Gasteiger partial charge in [-0.1, -0.05) is 30.7 Å². The van der Waals surface area contributed by atoms with Gasteiger partial charge in [-0.2, -0.15) is 0 Å². The normalized spacial score (nSPS) is 10.7. The zero-order valence-corrected chi connectivity index (χ0v) is 8.67. The van der Waals surface area contributed by atoms with Crippen molar-refractivity contribution in [1.82, 2.24) is 4.98 Å². The third kappa shape index (κ3) is 1.53. The summed E-state index contributed by atoms with van der Waals surface area (Å²) in [5.41, 5.74) is 7.80. The molecule has 0 radical (unpaired) electrons. The van der Waals surface area contributed by atoms with Gasteiger partial charge in [0.25, 0.3) is 0 Å². The molecule has 0 saturated carbocycles. The SMILES string of the molecule is CCc1ccc2cc(Cl)c(N)nc2c1. The number of nitrogens with zero attached hydrogens (tertiary/aromatic N) is 1. The molecular weight excluding hydrogens is 196 g/mol. The second-order valence-corrected chi connectivity index (χ2v) is 3.64. The van der Waals surface area contributed by atoms with Crippen molar-refractivity contribution in [3.63, 3.8) is 0 Å². The quantitative estimate of drug-likeness (QED) is 0.779. The highest BCUT2D eigenvalue weighted by molar-refractivity contribution is 6.33. The zero-order valence-electron chi connectivity index (χ0n) is 7.92. The van der Waals surface area contributed by atoms with Crippen LogP contribution >= 0.6 is 11.6 Å². The summed E-state index contributed by atoms with van der Waals surface area (Å²) in [6, 6.07) is 7.99. The highest BCUT2D eigenvalue weighted by Gasteiger charge is 2.01. The van der Waals surface area contributed by atoms with E-state index in [0.29, 0.717) is 10.8 Å². The average molecular weight is 207 g/mol. The molecule has 0 aliphatic carbocycles. The summed E-state index contributed by atoms with van der Waals surface area (Å²) < 4.78 is 0. The Kier molecular flexibility index (Phi) is 2.30. The van der Waals surface area contributed by atoms with Crippen LogP contribution in [0.4, 0.5) is 5.82 Å². The van der Waals surface area contributed by atoms with Crippen LogP contribution in [-0.4, -0.2) is 4.98 Å². The molecule has 2 N–H and O–H groups in total. The van der Waals surface area contributed by atoms with Crippen molar-refractivity contribution in [3.05, 3.63) is 34.9 Å². The second-order valence-electron chi connectivity index (χ2n) is 3.24. The molecule has 1 aromatic heterocycles. The molecule has 1 heterocycles. The molecule has 14 heavy (non-hydrogen) atoms. The summed E-state index contributed by atoms with van der Waals surface area (Å²) in [6.07, 6.45) is 1.00. The number of fused-ring (bicyclic) bond motifs is 1. The van der Waals surface area contributed by atoms with Crippen LogP contribution in [0.3, 0.4) is 0 Å². The summed E-state index contributed by atoms with van der Waals surface area (Å²) in [4.78, 5) is 4.23. The Morgan fingerprint density at radius 3 is 2.86 bits per heavy atom. The monoisotopic (exact) mass is 206 g/mol. The van der Waals surface area contributed by atoms with Crippen LogP contribution < -0.4 is 5.73 Å². The third-order valence-electron chi connectivity index (χ3n) is 2.27. The van der Waals surface area contributed by atoms with Crippen LogP contribution in [0.2, 0.25) is 5.02 Å². The van der Waals surface area contributed by atoms with Crippen molar-refractivity contribution in [2.24, 2.45) is 0 Å². The number of benzene rings is 1. The van der Waals surface area contributed by atoms with Crippen LogP contribution in [0.5, 0.6) is 0 Å². The Morgan fingerprint density at radius 2 is 2.14 bits per heavy atom. The summed E-state index contributed by atoms with van der Waals surface area (Å²) >= 11 is 5.87. The Labute approximate surface area is 87.7 Å². The fourth-order valence-electron chi connectivity index (χ4n) is 1.42. The molecule has 2 aromatic rings. The lowest BCUT2D eigenvalue weighted by molar-refractivity contribution is 1.14. The van der Waals surface area contributed by atoms with Gasteiger partial charge >= 0.3 is 0 Å². The Morgan fingerprint density at radius 1 is 1.36 bits per heavy atom. The van der Waals surface area contributed by atoms with E-state index in [1.54, 1.807) is 0 Å². The maximum atomic E-state index is 5.87. The van der Waals surface area contributed by atoms with Crippen LogP contribution in [0, 0.1) is 0 Å². The number of hydrogen-bond acceptors (Lipinski definition) is 2. The predicted octanol–water partition coefficient (Wildman–Crippen LogP) is 3.03. The van der Waals surface area contributed by atoms with E-state index < -0.39 is 0 Å². The van der Waals surface area contributed by atoms with Crippen LogP contribution in [0.15, 0.2) is 24.3 Å². The van der Waals surface area contributed by atoms with Crippen LogP contribution in [0.25, 0.3) is 10.9 Å². The third-order valence-corrected chi connectivity index (χ3v) is 2.57. The van der Waals surface area contributed by atoms with Crippen molar-refractivity contribution in [1.29, 1.82) is 0 Å². The number of hydrogen-bond donors (Lipinski definition) is 1. The molecule has 0 aliphatic rings. The minimum Gasteiger partial charge on any atom is -0.382 e. The van der Waals surface area contributed by atoms with Crippen LogP contribution in [-0.2, 0) is 6.42 Å². The van der Waals surface area contributed by atoms with Gasteiger partial charge in [0.2, 0.25) is 0 Å². The number of aromatic nitrogens is 1. The molecule has 0 fully saturated rings. The van der Waals surface area contributed by atoms with Crippen molar-refractivity contribution < 1.29 is 0 Å². The van der Waals surface area contributed by atoms with E-state index in [0.717, 1.165) is 17.3 Å². The highest BCUT2D eigenvalue weighted by atomic mass is 35.5. The van der Waals surface area contributed by atoms with Gasteiger partial charge in [0, 0.05) is 5.39 Å². The summed E-state index contributed by atoms with van der Waals surface area (Å²) in [7, 11) is 0. The molecule has 2 nitrogen and oxygen atoms in total. The number of halogens is 1. The number of nitrogens with two attached hydrogens (primary N) is 1. The number of pyridine rings is 1. The number of nitrogen functional groups attached to an aromatic ring is 1. The van der Waals surface area contributed by atoms with E-state index in [1.807, 2.05) is 18.2 Å². The first-order valence-electron chi connectivity index (χ1n) is 4.55. The topological polar surface area (TPSA) is 38.9 Å². The fraction of sp³-hybridized carbons (Fsp3) is 0.182. The van der Waals surface area contributed by atoms with E-state index in [9.17, 15) is 0 Å². The smallest absolute Gasteiger partial charge is 0.142 e. The van der Waals surface area contributed by atoms with Crippen molar-refractivity contribution in [3.8, 4) is 0 Å². The molecule has 0 saturated heterocycles. The zero-order chi connectivity index (χ0) is 10.1. The number of rotatable bonds is 1. The first kappa shape index (κ1) is 9.28. The van der Waals surface area contributed by atoms with Gasteiger partial charge in [-0.25, -0.2) is 4.98 Å². The molecule has 1 aromatic carbocycles. The molecule has 0 amide bonds. The van der Waals surface area contributed by atoms with E-state index in [-0.39, 0.29) is 0 Å². The van der Waals surface area contributed by atoms with E-state index in [4.69, 9.17) is 17.3 Å². The van der Waals surface area contributed by atoms with E-state index in [2.05, 4.69) is 18.0 Å². The molecule has 0 spiro atoms. The van der Waals surface area contributed by atoms with Crippen molar-refractivity contribution in [2.75, 3.05) is 5.73 Å². The van der Waals surface area contributed by atoms with Gasteiger partial charge in [0.15, 0.2) is 0 Å². The van der Waals surface area contributed by atoms with Gasteiger partial charge < -0.3 is 5.73 Å². The lowest BCUT2D eigenvalue weighted by Crippen LogP contribution is -1.92. The molecule has 0 atom stereocenters. The minimum atomic E-state index is 0.396. The summed E-state index contributed by atoms with van der Waals surface area (Å²) in [6.45, 7) is 2.11. The summed E-state index contributed by atoms with van der Waals surface area (Å²) in [5, 5.41) is 1.54. The first-order valence-corrected chi connectivity index (χ1v) is 4.93. The molecule has 0 bridgehead atoms. The van der Waals surface area contributed by atoms with Gasteiger partial charge in [-0.3, -0.25) is 0 Å². The summed E-state index contributed by atoms with van der Waals surface area (Å²) in [5.74, 6) is 0.396. The maximum Gasteiger partial charge on any atom is 0.142 e. The first-order chi connectivity index (χ1) is 6.70. The molecule has 0 aliphatic heterocycles. The lowest BCUT2D eigenvalue weighted by atomic mass is 10.1. The highest BCUT2D eigenvalue weighted by Crippen LogP contribution is 2.23. The lowest BCUT2D eigenvalue weighted by Gasteiger charge is -2.03. The second kappa shape index (κ2) is 3.46. The maximum absolute atomic E-state index is 5.87. The van der Waals surface area contributed by atoms with Gasteiger partial charge in [0.05, 0.1) is 10.5 Å². The number of anilines is 1. The molecule has 0 unspecified atom stereocenters. The number of aryl methyl sites for hydroxylation is 1. The Bertz CT molecular complexity index is 480. The minimum absolute atomic E-state index is 0.396.